The molecule has 2 heteroatoms. The number of aromatic amines is 1. The molecule has 3 aromatic carbocycles. The minimum absolute atomic E-state index is 0.842. The summed E-state index contributed by atoms with van der Waals surface area (Å²) in [5.41, 5.74) is 4.81. The average molecular weight is 272 g/mol. The topological polar surface area (TPSA) is 27.8 Å². The zero-order valence-corrected chi connectivity index (χ0v) is 11.6. The second-order valence-electron chi connectivity index (χ2n) is 5.27. The third kappa shape index (κ3) is 2.25. The standard InChI is InChI=1S/C19H16N2/c1-2-6-14(7-3-1)13-20-15-10-11-19-17(12-15)16-8-4-5-9-18(16)21-19/h1-12,20-21H,13H2. The van der Waals surface area contributed by atoms with E-state index in [9.17, 15) is 0 Å². The summed E-state index contributed by atoms with van der Waals surface area (Å²) in [4.78, 5) is 3.45. The molecule has 0 fully saturated rings. The van der Waals surface area contributed by atoms with Gasteiger partial charge in [-0.3, -0.25) is 0 Å². The molecule has 2 nitrogen and oxygen atoms in total. The molecule has 21 heavy (non-hydrogen) atoms. The molecule has 1 aromatic heterocycles. The maximum atomic E-state index is 3.49. The number of H-pyrrole nitrogens is 1. The van der Waals surface area contributed by atoms with Gasteiger partial charge in [-0.15, -0.1) is 0 Å². The molecule has 0 aliphatic carbocycles. The van der Waals surface area contributed by atoms with Crippen LogP contribution in [0.2, 0.25) is 0 Å². The zero-order chi connectivity index (χ0) is 14.1. The van der Waals surface area contributed by atoms with Crippen LogP contribution in [0.25, 0.3) is 21.8 Å². The molecule has 1 heterocycles. The van der Waals surface area contributed by atoms with E-state index in [4.69, 9.17) is 0 Å². The van der Waals surface area contributed by atoms with Crippen LogP contribution < -0.4 is 5.32 Å². The summed E-state index contributed by atoms with van der Waals surface area (Å²) >= 11 is 0. The summed E-state index contributed by atoms with van der Waals surface area (Å²) in [6, 6.07) is 25.4. The van der Waals surface area contributed by atoms with Gasteiger partial charge in [0.1, 0.15) is 0 Å². The lowest BCUT2D eigenvalue weighted by molar-refractivity contribution is 1.15. The van der Waals surface area contributed by atoms with E-state index in [1.54, 1.807) is 0 Å². The minimum atomic E-state index is 0.842. The van der Waals surface area contributed by atoms with Crippen LogP contribution in [0.1, 0.15) is 5.56 Å². The van der Waals surface area contributed by atoms with E-state index in [0.717, 1.165) is 12.2 Å². The van der Waals surface area contributed by atoms with Crippen LogP contribution in [0.4, 0.5) is 5.69 Å². The smallest absolute Gasteiger partial charge is 0.0466 e. The highest BCUT2D eigenvalue weighted by atomic mass is 14.9. The predicted octanol–water partition coefficient (Wildman–Crippen LogP) is 4.93. The van der Waals surface area contributed by atoms with E-state index in [-0.39, 0.29) is 0 Å². The molecule has 0 aliphatic heterocycles. The van der Waals surface area contributed by atoms with Crippen molar-refractivity contribution in [3.63, 3.8) is 0 Å². The molecule has 0 aliphatic rings. The molecule has 0 unspecified atom stereocenters. The third-order valence-corrected chi connectivity index (χ3v) is 3.85. The molecule has 4 rings (SSSR count). The Morgan fingerprint density at radius 2 is 1.48 bits per heavy atom. The van der Waals surface area contributed by atoms with Crippen molar-refractivity contribution in [3.8, 4) is 0 Å². The maximum absolute atomic E-state index is 3.49. The van der Waals surface area contributed by atoms with Crippen molar-refractivity contribution in [2.45, 2.75) is 6.54 Å². The normalized spacial score (nSPS) is 11.0. The van der Waals surface area contributed by atoms with Crippen LogP contribution in [0.5, 0.6) is 0 Å². The van der Waals surface area contributed by atoms with E-state index < -0.39 is 0 Å². The molecule has 0 bridgehead atoms. The summed E-state index contributed by atoms with van der Waals surface area (Å²) < 4.78 is 0. The number of nitrogens with one attached hydrogen (secondary N) is 2. The van der Waals surface area contributed by atoms with Crippen molar-refractivity contribution in [1.82, 2.24) is 4.98 Å². The lowest BCUT2D eigenvalue weighted by Crippen LogP contribution is -1.98. The molecule has 2 N–H and O–H groups in total. The molecule has 102 valence electrons. The fourth-order valence-corrected chi connectivity index (χ4v) is 2.76. The Bertz CT molecular complexity index is 891. The van der Waals surface area contributed by atoms with E-state index in [0.29, 0.717) is 0 Å². The van der Waals surface area contributed by atoms with Crippen LogP contribution in [0, 0.1) is 0 Å². The lowest BCUT2D eigenvalue weighted by Gasteiger charge is -2.06. The first-order valence-corrected chi connectivity index (χ1v) is 7.18. The Morgan fingerprint density at radius 1 is 0.714 bits per heavy atom. The Labute approximate surface area is 123 Å². The van der Waals surface area contributed by atoms with Gasteiger partial charge in [0, 0.05) is 34.0 Å². The summed E-state index contributed by atoms with van der Waals surface area (Å²) in [7, 11) is 0. The largest absolute Gasteiger partial charge is 0.381 e. The van der Waals surface area contributed by atoms with E-state index in [1.165, 1.54) is 27.4 Å². The van der Waals surface area contributed by atoms with Crippen LogP contribution in [-0.4, -0.2) is 4.98 Å². The minimum Gasteiger partial charge on any atom is -0.381 e. The van der Waals surface area contributed by atoms with E-state index in [2.05, 4.69) is 77.0 Å². The Hall–Kier alpha value is -2.74. The number of aromatic nitrogens is 1. The fourth-order valence-electron chi connectivity index (χ4n) is 2.76. The highest BCUT2D eigenvalue weighted by Crippen LogP contribution is 2.27. The van der Waals surface area contributed by atoms with Crippen molar-refractivity contribution >= 4 is 27.5 Å². The zero-order valence-electron chi connectivity index (χ0n) is 11.6. The van der Waals surface area contributed by atoms with Crippen LogP contribution in [-0.2, 0) is 6.54 Å². The number of anilines is 1. The summed E-state index contributed by atoms with van der Waals surface area (Å²) in [6.07, 6.45) is 0. The second kappa shape index (κ2) is 4.98. The number of para-hydroxylation sites is 1. The molecular weight excluding hydrogens is 256 g/mol. The maximum Gasteiger partial charge on any atom is 0.0466 e. The van der Waals surface area contributed by atoms with Gasteiger partial charge in [-0.25, -0.2) is 0 Å². The van der Waals surface area contributed by atoms with Gasteiger partial charge in [-0.05, 0) is 29.8 Å². The Morgan fingerprint density at radius 3 is 2.38 bits per heavy atom. The predicted molar refractivity (Wildman–Crippen MR) is 89.6 cm³/mol. The van der Waals surface area contributed by atoms with Gasteiger partial charge in [0.25, 0.3) is 0 Å². The molecule has 0 spiro atoms. The van der Waals surface area contributed by atoms with E-state index in [1.807, 2.05) is 6.07 Å². The molecule has 0 radical (unpaired) electrons. The van der Waals surface area contributed by atoms with Gasteiger partial charge in [0.2, 0.25) is 0 Å². The average Bonchev–Trinajstić information content (AvgIpc) is 2.92. The highest BCUT2D eigenvalue weighted by Gasteiger charge is 2.04. The Kier molecular flexibility index (Phi) is 2.86. The van der Waals surface area contributed by atoms with Gasteiger partial charge in [-0.1, -0.05) is 48.5 Å². The Balaban J connectivity index is 1.68. The molecule has 0 atom stereocenters. The first-order chi connectivity index (χ1) is 10.4. The third-order valence-electron chi connectivity index (χ3n) is 3.85. The summed E-state index contributed by atoms with van der Waals surface area (Å²) in [6.45, 7) is 0.842. The second-order valence-corrected chi connectivity index (χ2v) is 5.27. The lowest BCUT2D eigenvalue weighted by atomic mass is 10.1. The van der Waals surface area contributed by atoms with Gasteiger partial charge in [0.15, 0.2) is 0 Å². The number of hydrogen-bond acceptors (Lipinski definition) is 1. The van der Waals surface area contributed by atoms with Crippen molar-refractivity contribution in [1.29, 1.82) is 0 Å². The van der Waals surface area contributed by atoms with Gasteiger partial charge >= 0.3 is 0 Å². The number of rotatable bonds is 3. The van der Waals surface area contributed by atoms with Crippen molar-refractivity contribution < 1.29 is 0 Å². The highest BCUT2D eigenvalue weighted by molar-refractivity contribution is 6.08. The first-order valence-electron chi connectivity index (χ1n) is 7.18. The quantitative estimate of drug-likeness (QED) is 0.543. The van der Waals surface area contributed by atoms with Crippen molar-refractivity contribution in [2.24, 2.45) is 0 Å². The number of hydrogen-bond donors (Lipinski definition) is 2. The molecule has 0 saturated heterocycles. The van der Waals surface area contributed by atoms with Gasteiger partial charge in [0.05, 0.1) is 0 Å². The van der Waals surface area contributed by atoms with Gasteiger partial charge in [-0.2, -0.15) is 0 Å². The molecule has 0 amide bonds. The fraction of sp³-hybridized carbons (Fsp3) is 0.0526. The van der Waals surface area contributed by atoms with E-state index >= 15 is 0 Å². The monoisotopic (exact) mass is 272 g/mol. The number of fused-ring (bicyclic) bond motifs is 3. The SMILES string of the molecule is c1ccc(CNc2ccc3[nH]c4ccccc4c3c2)cc1. The summed E-state index contributed by atoms with van der Waals surface area (Å²) in [5, 5.41) is 6.03. The molecule has 0 saturated carbocycles. The first kappa shape index (κ1) is 12.0. The molecule has 4 aromatic rings. The van der Waals surface area contributed by atoms with Crippen LogP contribution >= 0.6 is 0 Å². The summed E-state index contributed by atoms with van der Waals surface area (Å²) in [5.74, 6) is 0. The number of benzene rings is 3. The van der Waals surface area contributed by atoms with Crippen molar-refractivity contribution in [3.05, 3.63) is 78.4 Å². The van der Waals surface area contributed by atoms with Crippen molar-refractivity contribution in [2.75, 3.05) is 5.32 Å². The van der Waals surface area contributed by atoms with Crippen LogP contribution in [0.15, 0.2) is 72.8 Å². The van der Waals surface area contributed by atoms with Gasteiger partial charge < -0.3 is 10.3 Å². The molecular formula is C19H16N2. The van der Waals surface area contributed by atoms with Crippen LogP contribution in [0.3, 0.4) is 0 Å².